The van der Waals surface area contributed by atoms with Crippen LogP contribution in [0.1, 0.15) is 46.9 Å². The zero-order chi connectivity index (χ0) is 19.4. The average molecular weight is 360 g/mol. The Morgan fingerprint density at radius 2 is 1.74 bits per heavy atom. The van der Waals surface area contributed by atoms with Crippen LogP contribution in [0.3, 0.4) is 0 Å². The van der Waals surface area contributed by atoms with E-state index in [0.717, 1.165) is 16.9 Å². The first-order valence-corrected chi connectivity index (χ1v) is 9.00. The molecule has 0 atom stereocenters. The Bertz CT molecular complexity index is 949. The second-order valence-electron chi connectivity index (χ2n) is 6.91. The van der Waals surface area contributed by atoms with E-state index in [9.17, 15) is 4.79 Å². The van der Waals surface area contributed by atoms with Crippen molar-refractivity contribution in [1.29, 1.82) is 0 Å². The van der Waals surface area contributed by atoms with Crippen LogP contribution in [0, 0.1) is 13.8 Å². The number of nitrogens with zero attached hydrogens (tertiary/aromatic N) is 2. The van der Waals surface area contributed by atoms with Gasteiger partial charge in [0, 0.05) is 11.4 Å². The van der Waals surface area contributed by atoms with Crippen molar-refractivity contribution in [3.63, 3.8) is 0 Å². The topological polar surface area (TPSA) is 66.9 Å². The van der Waals surface area contributed by atoms with Gasteiger partial charge in [0.05, 0.1) is 12.4 Å². The van der Waals surface area contributed by atoms with E-state index < -0.39 is 0 Å². The van der Waals surface area contributed by atoms with Crippen molar-refractivity contribution in [2.24, 2.45) is 0 Å². The van der Waals surface area contributed by atoms with Gasteiger partial charge in [0.25, 0.3) is 5.91 Å². The zero-order valence-electron chi connectivity index (χ0n) is 16.1. The minimum atomic E-state index is -0.270. The lowest BCUT2D eigenvalue weighted by Crippen LogP contribution is -2.15. The van der Waals surface area contributed by atoms with E-state index >= 15 is 0 Å². The number of aromatic nitrogens is 2. The van der Waals surface area contributed by atoms with Crippen LogP contribution in [-0.4, -0.2) is 15.9 Å². The van der Waals surface area contributed by atoms with Gasteiger partial charge in [0.2, 0.25) is 0 Å². The third kappa shape index (κ3) is 4.50. The fraction of sp³-hybridized carbons (Fsp3) is 0.227. The van der Waals surface area contributed by atoms with Gasteiger partial charge in [-0.1, -0.05) is 38.1 Å². The summed E-state index contributed by atoms with van der Waals surface area (Å²) in [5.74, 6) is 0.642. The lowest BCUT2D eigenvalue weighted by atomic mass is 10.0. The Balaban J connectivity index is 1.71. The third-order valence-corrected chi connectivity index (χ3v) is 4.49. The second-order valence-corrected chi connectivity index (χ2v) is 6.91. The number of hydrogen-bond acceptors (Lipinski definition) is 4. The summed E-state index contributed by atoms with van der Waals surface area (Å²) >= 11 is 0. The molecule has 0 aliphatic carbocycles. The number of carbonyl (C=O) groups excluding carboxylic acids is 1. The van der Waals surface area contributed by atoms with Gasteiger partial charge < -0.3 is 10.6 Å². The Hall–Kier alpha value is -3.21. The summed E-state index contributed by atoms with van der Waals surface area (Å²) in [6, 6.07) is 13.9. The minimum Gasteiger partial charge on any atom is -0.339 e. The lowest BCUT2D eigenvalue weighted by molar-refractivity contribution is 0.102. The number of benzene rings is 2. The molecule has 2 aromatic carbocycles. The highest BCUT2D eigenvalue weighted by atomic mass is 16.1. The highest BCUT2D eigenvalue weighted by Gasteiger charge is 2.12. The van der Waals surface area contributed by atoms with Crippen LogP contribution in [0.15, 0.2) is 54.9 Å². The van der Waals surface area contributed by atoms with Crippen molar-refractivity contribution in [3.8, 4) is 0 Å². The lowest BCUT2D eigenvalue weighted by Gasteiger charge is -2.13. The van der Waals surface area contributed by atoms with E-state index in [4.69, 9.17) is 0 Å². The fourth-order valence-electron chi connectivity index (χ4n) is 2.78. The summed E-state index contributed by atoms with van der Waals surface area (Å²) in [7, 11) is 0. The van der Waals surface area contributed by atoms with Gasteiger partial charge >= 0.3 is 0 Å². The Morgan fingerprint density at radius 1 is 0.963 bits per heavy atom. The van der Waals surface area contributed by atoms with Crippen LogP contribution in [0.5, 0.6) is 0 Å². The number of carbonyl (C=O) groups is 1. The maximum absolute atomic E-state index is 12.5. The van der Waals surface area contributed by atoms with Crippen LogP contribution in [-0.2, 0) is 0 Å². The molecule has 1 amide bonds. The van der Waals surface area contributed by atoms with Crippen LogP contribution in [0.2, 0.25) is 0 Å². The largest absolute Gasteiger partial charge is 0.339 e. The maximum atomic E-state index is 12.5. The highest BCUT2D eigenvalue weighted by molar-refractivity contribution is 6.03. The molecule has 27 heavy (non-hydrogen) atoms. The summed E-state index contributed by atoms with van der Waals surface area (Å²) < 4.78 is 0. The summed E-state index contributed by atoms with van der Waals surface area (Å²) in [5.41, 5.74) is 5.55. The number of hydrogen-bond donors (Lipinski definition) is 2. The average Bonchev–Trinajstić information content (AvgIpc) is 2.65. The van der Waals surface area contributed by atoms with Crippen LogP contribution < -0.4 is 10.6 Å². The highest BCUT2D eigenvalue weighted by Crippen LogP contribution is 2.24. The molecule has 1 aromatic heterocycles. The minimum absolute atomic E-state index is 0.270. The summed E-state index contributed by atoms with van der Waals surface area (Å²) in [5, 5.41) is 6.14. The molecule has 0 spiro atoms. The fourth-order valence-corrected chi connectivity index (χ4v) is 2.78. The molecule has 0 radical (unpaired) electrons. The predicted molar refractivity (Wildman–Crippen MR) is 110 cm³/mol. The van der Waals surface area contributed by atoms with E-state index in [2.05, 4.69) is 60.4 Å². The number of aryl methyl sites for hydroxylation is 2. The molecular formula is C22H24N4O. The first-order chi connectivity index (χ1) is 12.9. The Kier molecular flexibility index (Phi) is 5.50. The summed E-state index contributed by atoms with van der Waals surface area (Å²) in [6.07, 6.45) is 3.05. The molecular weight excluding hydrogens is 336 g/mol. The standard InChI is InChI=1S/C22H24N4O/c1-14(2)18-7-5-6-8-19(18)26-22(27)20-12-24-21(13-23-20)25-17-10-9-15(3)16(4)11-17/h5-14H,1-4H3,(H,24,25)(H,26,27). The molecule has 0 saturated heterocycles. The maximum Gasteiger partial charge on any atom is 0.275 e. The first-order valence-electron chi connectivity index (χ1n) is 9.00. The summed E-state index contributed by atoms with van der Waals surface area (Å²) in [6.45, 7) is 8.33. The van der Waals surface area contributed by atoms with Gasteiger partial charge in [-0.2, -0.15) is 0 Å². The zero-order valence-corrected chi connectivity index (χ0v) is 16.1. The van der Waals surface area contributed by atoms with Crippen molar-refractivity contribution in [1.82, 2.24) is 9.97 Å². The van der Waals surface area contributed by atoms with Crippen molar-refractivity contribution in [2.45, 2.75) is 33.6 Å². The van der Waals surface area contributed by atoms with Crippen LogP contribution in [0.4, 0.5) is 17.2 Å². The van der Waals surface area contributed by atoms with Gasteiger partial charge in [-0.3, -0.25) is 4.79 Å². The second kappa shape index (κ2) is 7.99. The molecule has 2 N–H and O–H groups in total. The van der Waals surface area contributed by atoms with Crippen LogP contribution in [0.25, 0.3) is 0 Å². The molecule has 1 heterocycles. The molecule has 5 nitrogen and oxygen atoms in total. The van der Waals surface area contributed by atoms with Crippen LogP contribution >= 0.6 is 0 Å². The van der Waals surface area contributed by atoms with E-state index in [1.54, 1.807) is 6.20 Å². The molecule has 3 rings (SSSR count). The predicted octanol–water partition coefficient (Wildman–Crippen LogP) is 5.21. The quantitative estimate of drug-likeness (QED) is 0.655. The third-order valence-electron chi connectivity index (χ3n) is 4.49. The molecule has 0 fully saturated rings. The molecule has 3 aromatic rings. The first kappa shape index (κ1) is 18.6. The van der Waals surface area contributed by atoms with Crippen molar-refractivity contribution < 1.29 is 4.79 Å². The molecule has 0 aliphatic rings. The molecule has 5 heteroatoms. The SMILES string of the molecule is Cc1ccc(Nc2cnc(C(=O)Nc3ccccc3C(C)C)cn2)cc1C. The van der Waals surface area contributed by atoms with E-state index in [0.29, 0.717) is 11.7 Å². The Morgan fingerprint density at radius 3 is 2.41 bits per heavy atom. The van der Waals surface area contributed by atoms with E-state index in [1.807, 2.05) is 30.3 Å². The number of nitrogens with one attached hydrogen (secondary N) is 2. The molecule has 0 bridgehead atoms. The van der Waals surface area contributed by atoms with Gasteiger partial charge in [-0.15, -0.1) is 0 Å². The smallest absolute Gasteiger partial charge is 0.275 e. The number of para-hydroxylation sites is 1. The molecule has 138 valence electrons. The van der Waals surface area contributed by atoms with Gasteiger partial charge in [-0.05, 0) is 54.7 Å². The van der Waals surface area contributed by atoms with Crippen molar-refractivity contribution in [3.05, 3.63) is 77.2 Å². The molecule has 0 saturated carbocycles. The number of amides is 1. The number of rotatable bonds is 5. The molecule has 0 unspecified atom stereocenters. The van der Waals surface area contributed by atoms with E-state index in [1.165, 1.54) is 17.3 Å². The van der Waals surface area contributed by atoms with Crippen molar-refractivity contribution >= 4 is 23.1 Å². The monoisotopic (exact) mass is 360 g/mol. The van der Waals surface area contributed by atoms with Gasteiger partial charge in [0.15, 0.2) is 0 Å². The number of anilines is 3. The van der Waals surface area contributed by atoms with Gasteiger partial charge in [0.1, 0.15) is 11.5 Å². The Labute approximate surface area is 159 Å². The van der Waals surface area contributed by atoms with Gasteiger partial charge in [-0.25, -0.2) is 9.97 Å². The summed E-state index contributed by atoms with van der Waals surface area (Å²) in [4.78, 5) is 21.1. The van der Waals surface area contributed by atoms with Crippen molar-refractivity contribution in [2.75, 3.05) is 10.6 Å². The normalized spacial score (nSPS) is 10.7. The molecule has 0 aliphatic heterocycles. The van der Waals surface area contributed by atoms with E-state index in [-0.39, 0.29) is 11.6 Å².